The van der Waals surface area contributed by atoms with Crippen molar-refractivity contribution < 1.29 is 23.0 Å². The summed E-state index contributed by atoms with van der Waals surface area (Å²) in [5.74, 6) is 0. The fraction of sp³-hybridized carbons (Fsp3) is 0.188. The fourth-order valence-corrected chi connectivity index (χ4v) is 2.19. The molecule has 27 heavy (non-hydrogen) atoms. The summed E-state index contributed by atoms with van der Waals surface area (Å²) in [4.78, 5) is 19.9. The van der Waals surface area contributed by atoms with Crippen LogP contribution in [0.1, 0.15) is 23.6 Å². The average Bonchev–Trinajstić information content (AvgIpc) is 2.60. The average molecular weight is 382 g/mol. The van der Waals surface area contributed by atoms with Gasteiger partial charge >= 0.3 is 17.6 Å². The van der Waals surface area contributed by atoms with E-state index in [-0.39, 0.29) is 12.1 Å². The standard InChI is InChI=1S/C16H13F3N4O4/c1-2-10-3-5-11(6-4-10)9-20-21-15-13(22(24)25)7-12(16(17,18)19)8-14(15)23(26)27/h3-9,21H,2H2,1H3/b20-9-. The minimum Gasteiger partial charge on any atom is -0.266 e. The molecule has 11 heteroatoms. The van der Waals surface area contributed by atoms with Crippen LogP contribution in [0.3, 0.4) is 0 Å². The van der Waals surface area contributed by atoms with Crippen LogP contribution in [-0.2, 0) is 12.6 Å². The van der Waals surface area contributed by atoms with E-state index in [9.17, 15) is 33.4 Å². The largest absolute Gasteiger partial charge is 0.416 e. The first-order valence-electron chi connectivity index (χ1n) is 7.55. The second-order valence-electron chi connectivity index (χ2n) is 5.37. The third-order valence-corrected chi connectivity index (χ3v) is 3.60. The molecule has 0 aromatic heterocycles. The van der Waals surface area contributed by atoms with Crippen molar-refractivity contribution in [1.29, 1.82) is 0 Å². The quantitative estimate of drug-likeness (QED) is 0.448. The molecule has 0 amide bonds. The maximum atomic E-state index is 12.8. The summed E-state index contributed by atoms with van der Waals surface area (Å²) in [6, 6.07) is 7.51. The Hall–Kier alpha value is -3.50. The summed E-state index contributed by atoms with van der Waals surface area (Å²) < 4.78 is 38.5. The van der Waals surface area contributed by atoms with Gasteiger partial charge in [-0.1, -0.05) is 31.2 Å². The highest BCUT2D eigenvalue weighted by molar-refractivity contribution is 5.82. The highest BCUT2D eigenvalue weighted by atomic mass is 19.4. The van der Waals surface area contributed by atoms with Gasteiger partial charge in [0.1, 0.15) is 0 Å². The van der Waals surface area contributed by atoms with Crippen LogP contribution < -0.4 is 5.43 Å². The maximum absolute atomic E-state index is 12.8. The van der Waals surface area contributed by atoms with E-state index in [2.05, 4.69) is 10.5 Å². The van der Waals surface area contributed by atoms with Gasteiger partial charge in [-0.3, -0.25) is 25.7 Å². The molecule has 8 nitrogen and oxygen atoms in total. The number of nitro benzene ring substituents is 2. The molecule has 0 fully saturated rings. The van der Waals surface area contributed by atoms with Crippen LogP contribution in [0.2, 0.25) is 0 Å². The van der Waals surface area contributed by atoms with E-state index in [1.807, 2.05) is 19.1 Å². The van der Waals surface area contributed by atoms with Gasteiger partial charge in [-0.2, -0.15) is 18.3 Å². The Bertz CT molecular complexity index is 861. The lowest BCUT2D eigenvalue weighted by Gasteiger charge is -2.09. The first-order chi connectivity index (χ1) is 12.6. The number of alkyl halides is 3. The first-order valence-corrected chi connectivity index (χ1v) is 7.55. The predicted molar refractivity (Wildman–Crippen MR) is 91.8 cm³/mol. The molecular formula is C16H13F3N4O4. The first kappa shape index (κ1) is 19.8. The Morgan fingerprint density at radius 2 is 1.59 bits per heavy atom. The number of hydrogen-bond donors (Lipinski definition) is 1. The minimum absolute atomic E-state index is 0.223. The molecule has 0 aliphatic heterocycles. The van der Waals surface area contributed by atoms with Crippen LogP contribution in [0.25, 0.3) is 0 Å². The Kier molecular flexibility index (Phi) is 5.73. The number of anilines is 1. The molecule has 2 aromatic carbocycles. The van der Waals surface area contributed by atoms with Gasteiger partial charge in [-0.15, -0.1) is 0 Å². The van der Waals surface area contributed by atoms with Crippen LogP contribution in [0, 0.1) is 20.2 Å². The molecule has 2 aromatic rings. The monoisotopic (exact) mass is 382 g/mol. The van der Waals surface area contributed by atoms with Crippen LogP contribution >= 0.6 is 0 Å². The van der Waals surface area contributed by atoms with E-state index < -0.39 is 38.6 Å². The summed E-state index contributed by atoms with van der Waals surface area (Å²) in [6.45, 7) is 1.97. The molecule has 0 atom stereocenters. The minimum atomic E-state index is -4.97. The number of nitrogens with one attached hydrogen (secondary N) is 1. The van der Waals surface area contributed by atoms with Gasteiger partial charge in [0.25, 0.3) is 0 Å². The van der Waals surface area contributed by atoms with Gasteiger partial charge in [0.05, 0.1) is 21.6 Å². The highest BCUT2D eigenvalue weighted by Crippen LogP contribution is 2.41. The molecule has 2 rings (SSSR count). The summed E-state index contributed by atoms with van der Waals surface area (Å²) in [7, 11) is 0. The number of hydrogen-bond acceptors (Lipinski definition) is 6. The second kappa shape index (κ2) is 7.81. The summed E-state index contributed by atoms with van der Waals surface area (Å²) >= 11 is 0. The van der Waals surface area contributed by atoms with Gasteiger partial charge in [0.15, 0.2) is 0 Å². The lowest BCUT2D eigenvalue weighted by molar-refractivity contribution is -0.392. The van der Waals surface area contributed by atoms with Crippen molar-refractivity contribution in [2.45, 2.75) is 19.5 Å². The molecule has 0 heterocycles. The molecule has 0 saturated heterocycles. The third kappa shape index (κ3) is 4.77. The van der Waals surface area contributed by atoms with Gasteiger partial charge in [-0.05, 0) is 17.5 Å². The lowest BCUT2D eigenvalue weighted by atomic mass is 10.1. The number of hydrazone groups is 1. The predicted octanol–water partition coefficient (Wildman–Crippen LogP) is 4.53. The number of halogens is 3. The zero-order chi connectivity index (χ0) is 20.2. The lowest BCUT2D eigenvalue weighted by Crippen LogP contribution is -2.09. The molecule has 1 N–H and O–H groups in total. The fourth-order valence-electron chi connectivity index (χ4n) is 2.19. The molecule has 0 aliphatic carbocycles. The number of benzene rings is 2. The van der Waals surface area contributed by atoms with Crippen molar-refractivity contribution >= 4 is 23.3 Å². The Morgan fingerprint density at radius 3 is 2.00 bits per heavy atom. The topological polar surface area (TPSA) is 111 Å². The van der Waals surface area contributed by atoms with Crippen LogP contribution in [-0.4, -0.2) is 16.1 Å². The smallest absolute Gasteiger partial charge is 0.266 e. The van der Waals surface area contributed by atoms with Crippen LogP contribution in [0.4, 0.5) is 30.2 Å². The Balaban J connectivity index is 2.42. The normalized spacial score (nSPS) is 11.6. The van der Waals surface area contributed by atoms with Crippen molar-refractivity contribution in [2.75, 3.05) is 5.43 Å². The Labute approximate surface area is 150 Å². The number of aryl methyl sites for hydroxylation is 1. The molecule has 0 bridgehead atoms. The van der Waals surface area contributed by atoms with Gasteiger partial charge in [0, 0.05) is 12.1 Å². The van der Waals surface area contributed by atoms with E-state index in [0.29, 0.717) is 5.56 Å². The van der Waals surface area contributed by atoms with Crippen molar-refractivity contribution in [3.8, 4) is 0 Å². The van der Waals surface area contributed by atoms with Crippen molar-refractivity contribution in [1.82, 2.24) is 0 Å². The zero-order valence-corrected chi connectivity index (χ0v) is 13.9. The van der Waals surface area contributed by atoms with Crippen molar-refractivity contribution in [2.24, 2.45) is 5.10 Å². The molecule has 142 valence electrons. The third-order valence-electron chi connectivity index (χ3n) is 3.60. The van der Waals surface area contributed by atoms with E-state index >= 15 is 0 Å². The van der Waals surface area contributed by atoms with Crippen LogP contribution in [0.15, 0.2) is 41.5 Å². The molecule has 0 radical (unpaired) electrons. The van der Waals surface area contributed by atoms with Gasteiger partial charge in [0.2, 0.25) is 5.69 Å². The highest BCUT2D eigenvalue weighted by Gasteiger charge is 2.37. The van der Waals surface area contributed by atoms with Gasteiger partial charge in [-0.25, -0.2) is 0 Å². The molecule has 0 spiro atoms. The Morgan fingerprint density at radius 1 is 1.07 bits per heavy atom. The van der Waals surface area contributed by atoms with Crippen molar-refractivity contribution in [3.05, 3.63) is 73.3 Å². The molecule has 0 saturated carbocycles. The van der Waals surface area contributed by atoms with Gasteiger partial charge < -0.3 is 0 Å². The second-order valence-corrected chi connectivity index (χ2v) is 5.37. The van der Waals surface area contributed by atoms with Crippen LogP contribution in [0.5, 0.6) is 0 Å². The van der Waals surface area contributed by atoms with E-state index in [4.69, 9.17) is 0 Å². The summed E-state index contributed by atoms with van der Waals surface area (Å²) in [6.07, 6.45) is -2.91. The molecule has 0 unspecified atom stereocenters. The zero-order valence-electron chi connectivity index (χ0n) is 13.9. The number of rotatable bonds is 6. The van der Waals surface area contributed by atoms with E-state index in [1.165, 1.54) is 6.21 Å². The van der Waals surface area contributed by atoms with E-state index in [1.54, 1.807) is 12.1 Å². The summed E-state index contributed by atoms with van der Waals surface area (Å²) in [5.41, 5.74) is -0.658. The maximum Gasteiger partial charge on any atom is 0.416 e. The molecular weight excluding hydrogens is 369 g/mol. The van der Waals surface area contributed by atoms with Crippen molar-refractivity contribution in [3.63, 3.8) is 0 Å². The summed E-state index contributed by atoms with van der Waals surface area (Å²) in [5, 5.41) is 25.9. The number of nitro groups is 2. The number of nitrogens with zero attached hydrogens (tertiary/aromatic N) is 3. The SMILES string of the molecule is CCc1ccc(/C=N\Nc2c([N+](=O)[O-])cc(C(F)(F)F)cc2[N+](=O)[O-])cc1. The van der Waals surface area contributed by atoms with E-state index in [0.717, 1.165) is 12.0 Å². The molecule has 0 aliphatic rings.